The van der Waals surface area contributed by atoms with Crippen LogP contribution in [0.15, 0.2) is 24.3 Å². The molecule has 1 heterocycles. The van der Waals surface area contributed by atoms with Crippen molar-refractivity contribution in [2.45, 2.75) is 38.3 Å². The van der Waals surface area contributed by atoms with Gasteiger partial charge in [-0.25, -0.2) is 0 Å². The van der Waals surface area contributed by atoms with Gasteiger partial charge in [0, 0.05) is 12.6 Å². The van der Waals surface area contributed by atoms with E-state index in [-0.39, 0.29) is 12.1 Å². The van der Waals surface area contributed by atoms with Crippen molar-refractivity contribution in [3.05, 3.63) is 29.8 Å². The van der Waals surface area contributed by atoms with Crippen molar-refractivity contribution in [1.82, 2.24) is 0 Å². The standard InChI is InChI=1S/C14H21NO2/c1-2-14(15)11-5-7-12(8-6-11)17-13-4-3-9-16-10-13/h5-8,13-14H,2-4,9-10,15H2,1H3. The molecule has 1 aromatic rings. The summed E-state index contributed by atoms with van der Waals surface area (Å²) in [4.78, 5) is 0. The van der Waals surface area contributed by atoms with Crippen molar-refractivity contribution in [1.29, 1.82) is 0 Å². The molecular weight excluding hydrogens is 214 g/mol. The lowest BCUT2D eigenvalue weighted by Crippen LogP contribution is -2.27. The van der Waals surface area contributed by atoms with Gasteiger partial charge in [0.25, 0.3) is 0 Å². The number of hydrogen-bond acceptors (Lipinski definition) is 3. The van der Waals surface area contributed by atoms with Gasteiger partial charge >= 0.3 is 0 Å². The number of benzene rings is 1. The van der Waals surface area contributed by atoms with E-state index in [2.05, 4.69) is 6.92 Å². The van der Waals surface area contributed by atoms with Crippen LogP contribution in [0.4, 0.5) is 0 Å². The van der Waals surface area contributed by atoms with E-state index in [1.165, 1.54) is 5.56 Å². The van der Waals surface area contributed by atoms with Crippen LogP contribution in [0.1, 0.15) is 37.8 Å². The van der Waals surface area contributed by atoms with E-state index in [9.17, 15) is 0 Å². The number of ether oxygens (including phenoxy) is 2. The van der Waals surface area contributed by atoms with Gasteiger partial charge < -0.3 is 15.2 Å². The van der Waals surface area contributed by atoms with Gasteiger partial charge in [-0.05, 0) is 37.0 Å². The summed E-state index contributed by atoms with van der Waals surface area (Å²) >= 11 is 0. The molecule has 1 saturated heterocycles. The maximum absolute atomic E-state index is 5.97. The largest absolute Gasteiger partial charge is 0.488 e. The average molecular weight is 235 g/mol. The highest BCUT2D eigenvalue weighted by molar-refractivity contribution is 5.29. The van der Waals surface area contributed by atoms with E-state index in [1.807, 2.05) is 24.3 Å². The summed E-state index contributed by atoms with van der Waals surface area (Å²) in [6, 6.07) is 8.22. The molecule has 2 atom stereocenters. The molecule has 2 unspecified atom stereocenters. The second kappa shape index (κ2) is 6.03. The van der Waals surface area contributed by atoms with E-state index in [1.54, 1.807) is 0 Å². The second-order valence-corrected chi connectivity index (χ2v) is 4.54. The van der Waals surface area contributed by atoms with Crippen LogP contribution in [-0.2, 0) is 4.74 Å². The van der Waals surface area contributed by atoms with E-state index in [4.69, 9.17) is 15.2 Å². The summed E-state index contributed by atoms with van der Waals surface area (Å²) in [6.07, 6.45) is 3.32. The molecule has 1 aromatic carbocycles. The number of nitrogens with two attached hydrogens (primary N) is 1. The Morgan fingerprint density at radius 2 is 2.18 bits per heavy atom. The third-order valence-electron chi connectivity index (χ3n) is 3.17. The lowest BCUT2D eigenvalue weighted by atomic mass is 10.1. The quantitative estimate of drug-likeness (QED) is 0.872. The Morgan fingerprint density at radius 1 is 1.41 bits per heavy atom. The van der Waals surface area contributed by atoms with Gasteiger partial charge in [-0.3, -0.25) is 0 Å². The highest BCUT2D eigenvalue weighted by Gasteiger charge is 2.15. The summed E-state index contributed by atoms with van der Waals surface area (Å²) in [5.74, 6) is 0.910. The average Bonchev–Trinajstić information content (AvgIpc) is 2.40. The summed E-state index contributed by atoms with van der Waals surface area (Å²) in [5.41, 5.74) is 7.13. The van der Waals surface area contributed by atoms with Crippen LogP contribution in [0.3, 0.4) is 0 Å². The van der Waals surface area contributed by atoms with Crippen LogP contribution >= 0.6 is 0 Å². The molecule has 94 valence electrons. The zero-order valence-corrected chi connectivity index (χ0v) is 10.4. The molecule has 3 nitrogen and oxygen atoms in total. The third kappa shape index (κ3) is 3.45. The minimum atomic E-state index is 0.127. The van der Waals surface area contributed by atoms with Crippen LogP contribution in [0.2, 0.25) is 0 Å². The molecular formula is C14H21NO2. The maximum Gasteiger partial charge on any atom is 0.122 e. The highest BCUT2D eigenvalue weighted by atomic mass is 16.5. The molecule has 0 bridgehead atoms. The molecule has 0 amide bonds. The minimum Gasteiger partial charge on any atom is -0.488 e. The first-order valence-corrected chi connectivity index (χ1v) is 6.39. The van der Waals surface area contributed by atoms with Crippen LogP contribution in [0.5, 0.6) is 5.75 Å². The zero-order chi connectivity index (χ0) is 12.1. The molecule has 0 saturated carbocycles. The van der Waals surface area contributed by atoms with Crippen molar-refractivity contribution >= 4 is 0 Å². The molecule has 3 heteroatoms. The fraction of sp³-hybridized carbons (Fsp3) is 0.571. The Labute approximate surface area is 103 Å². The molecule has 0 aliphatic carbocycles. The van der Waals surface area contributed by atoms with Gasteiger partial charge in [-0.1, -0.05) is 19.1 Å². The monoisotopic (exact) mass is 235 g/mol. The fourth-order valence-corrected chi connectivity index (χ4v) is 2.03. The first-order chi connectivity index (χ1) is 8.29. The lowest BCUT2D eigenvalue weighted by Gasteiger charge is -2.23. The van der Waals surface area contributed by atoms with Crippen LogP contribution in [-0.4, -0.2) is 19.3 Å². The molecule has 1 fully saturated rings. The fourth-order valence-electron chi connectivity index (χ4n) is 2.03. The van der Waals surface area contributed by atoms with Crippen molar-refractivity contribution in [2.24, 2.45) is 5.73 Å². The van der Waals surface area contributed by atoms with E-state index < -0.39 is 0 Å². The second-order valence-electron chi connectivity index (χ2n) is 4.54. The minimum absolute atomic E-state index is 0.127. The van der Waals surface area contributed by atoms with Crippen molar-refractivity contribution < 1.29 is 9.47 Å². The predicted molar refractivity (Wildman–Crippen MR) is 68.1 cm³/mol. The molecule has 17 heavy (non-hydrogen) atoms. The highest BCUT2D eigenvalue weighted by Crippen LogP contribution is 2.21. The van der Waals surface area contributed by atoms with E-state index in [0.29, 0.717) is 6.61 Å². The van der Waals surface area contributed by atoms with Crippen LogP contribution < -0.4 is 10.5 Å². The smallest absolute Gasteiger partial charge is 0.122 e. The van der Waals surface area contributed by atoms with E-state index in [0.717, 1.165) is 31.6 Å². The summed E-state index contributed by atoms with van der Waals surface area (Å²) in [7, 11) is 0. The number of rotatable bonds is 4. The topological polar surface area (TPSA) is 44.5 Å². The summed E-state index contributed by atoms with van der Waals surface area (Å²) in [5, 5.41) is 0. The van der Waals surface area contributed by atoms with Crippen molar-refractivity contribution in [3.63, 3.8) is 0 Å². The van der Waals surface area contributed by atoms with Gasteiger partial charge in [-0.2, -0.15) is 0 Å². The Morgan fingerprint density at radius 3 is 2.76 bits per heavy atom. The molecule has 2 N–H and O–H groups in total. The molecule has 0 radical (unpaired) electrons. The molecule has 1 aliphatic heterocycles. The van der Waals surface area contributed by atoms with Crippen LogP contribution in [0.25, 0.3) is 0 Å². The van der Waals surface area contributed by atoms with Crippen molar-refractivity contribution in [2.75, 3.05) is 13.2 Å². The summed E-state index contributed by atoms with van der Waals surface area (Å²) < 4.78 is 11.2. The number of hydrogen-bond donors (Lipinski definition) is 1. The normalized spacial score (nSPS) is 22.1. The molecule has 0 spiro atoms. The molecule has 0 aromatic heterocycles. The predicted octanol–water partition coefficient (Wildman–Crippen LogP) is 2.65. The van der Waals surface area contributed by atoms with Gasteiger partial charge in [0.2, 0.25) is 0 Å². The molecule has 2 rings (SSSR count). The van der Waals surface area contributed by atoms with Gasteiger partial charge in [0.15, 0.2) is 0 Å². The Kier molecular flexibility index (Phi) is 4.40. The maximum atomic E-state index is 5.97. The van der Waals surface area contributed by atoms with Gasteiger partial charge in [0.1, 0.15) is 11.9 Å². The zero-order valence-electron chi connectivity index (χ0n) is 10.4. The first-order valence-electron chi connectivity index (χ1n) is 6.39. The lowest BCUT2D eigenvalue weighted by molar-refractivity contribution is 0.00742. The Balaban J connectivity index is 1.93. The van der Waals surface area contributed by atoms with Crippen LogP contribution in [0, 0.1) is 0 Å². The third-order valence-corrected chi connectivity index (χ3v) is 3.17. The molecule has 1 aliphatic rings. The van der Waals surface area contributed by atoms with Gasteiger partial charge in [-0.15, -0.1) is 0 Å². The Bertz CT molecular complexity index is 331. The van der Waals surface area contributed by atoms with Crippen molar-refractivity contribution in [3.8, 4) is 5.75 Å². The van der Waals surface area contributed by atoms with Gasteiger partial charge in [0.05, 0.1) is 6.61 Å². The first kappa shape index (κ1) is 12.4. The Hall–Kier alpha value is -1.06. The SMILES string of the molecule is CCC(N)c1ccc(OC2CCCOC2)cc1. The van der Waals surface area contributed by atoms with E-state index >= 15 is 0 Å². The summed E-state index contributed by atoms with van der Waals surface area (Å²) in [6.45, 7) is 3.66.